The Morgan fingerprint density at radius 3 is 2.76 bits per heavy atom. The van der Waals surface area contributed by atoms with Crippen molar-refractivity contribution in [1.29, 1.82) is 0 Å². The average molecular weight is 260 g/mol. The third-order valence-electron chi connectivity index (χ3n) is 2.57. The van der Waals surface area contributed by atoms with Gasteiger partial charge in [0.25, 0.3) is 0 Å². The van der Waals surface area contributed by atoms with Crippen molar-refractivity contribution in [1.82, 2.24) is 9.97 Å². The fraction of sp³-hybridized carbons (Fsp3) is 0.636. The van der Waals surface area contributed by atoms with Gasteiger partial charge in [-0.2, -0.15) is 0 Å². The number of aromatic nitrogens is 2. The van der Waals surface area contributed by atoms with E-state index < -0.39 is 5.54 Å². The highest BCUT2D eigenvalue weighted by Crippen LogP contribution is 2.19. The van der Waals surface area contributed by atoms with Crippen molar-refractivity contribution in [3.63, 3.8) is 0 Å². The van der Waals surface area contributed by atoms with Crippen LogP contribution in [-0.4, -0.2) is 34.3 Å². The van der Waals surface area contributed by atoms with Gasteiger partial charge >= 0.3 is 0 Å². The Balaban J connectivity index is 2.90. The quantitative estimate of drug-likeness (QED) is 0.763. The molecule has 0 amide bonds. The third kappa shape index (κ3) is 4.11. The zero-order chi connectivity index (χ0) is 12.9. The second-order valence-corrected chi connectivity index (χ2v) is 4.51. The highest BCUT2D eigenvalue weighted by molar-refractivity contribution is 6.29. The number of hydrogen-bond donors (Lipinski definition) is 2. The number of aliphatic hydroxyl groups excluding tert-OH is 1. The lowest BCUT2D eigenvalue weighted by atomic mass is 10.0. The van der Waals surface area contributed by atoms with Crippen LogP contribution in [0.5, 0.6) is 0 Å². The number of halogens is 1. The molecular formula is C11H18ClN3O2. The molecule has 5 nitrogen and oxygen atoms in total. The molecule has 1 atom stereocenters. The first-order chi connectivity index (χ1) is 8.03. The molecule has 0 spiro atoms. The molecule has 1 heterocycles. The van der Waals surface area contributed by atoms with Crippen LogP contribution in [0.15, 0.2) is 6.07 Å². The molecule has 0 saturated heterocycles. The molecule has 1 aromatic heterocycles. The van der Waals surface area contributed by atoms with Crippen molar-refractivity contribution in [3.05, 3.63) is 17.0 Å². The molecule has 17 heavy (non-hydrogen) atoms. The van der Waals surface area contributed by atoms with Crippen molar-refractivity contribution in [2.24, 2.45) is 0 Å². The molecule has 0 aliphatic carbocycles. The zero-order valence-electron chi connectivity index (χ0n) is 10.3. The lowest BCUT2D eigenvalue weighted by Gasteiger charge is -2.27. The SMILES string of the molecule is CCC(C)(CO)Nc1cc(Cl)nc(COC)n1. The second-order valence-electron chi connectivity index (χ2n) is 4.12. The standard InChI is InChI=1S/C11H18ClN3O2/c1-4-11(2,7-16)15-9-5-8(12)13-10(14-9)6-17-3/h5,16H,4,6-7H2,1-3H3,(H,13,14,15). The smallest absolute Gasteiger partial charge is 0.158 e. The monoisotopic (exact) mass is 259 g/mol. The van der Waals surface area contributed by atoms with Crippen LogP contribution in [0.25, 0.3) is 0 Å². The van der Waals surface area contributed by atoms with Crippen molar-refractivity contribution in [2.45, 2.75) is 32.4 Å². The van der Waals surface area contributed by atoms with Gasteiger partial charge < -0.3 is 15.2 Å². The molecule has 0 aromatic carbocycles. The molecule has 0 saturated carbocycles. The fourth-order valence-corrected chi connectivity index (χ4v) is 1.47. The van der Waals surface area contributed by atoms with E-state index in [2.05, 4.69) is 15.3 Å². The van der Waals surface area contributed by atoms with Crippen LogP contribution in [0.1, 0.15) is 26.1 Å². The van der Waals surface area contributed by atoms with Gasteiger partial charge in [-0.1, -0.05) is 18.5 Å². The zero-order valence-corrected chi connectivity index (χ0v) is 11.1. The molecular weight excluding hydrogens is 242 g/mol. The van der Waals surface area contributed by atoms with Gasteiger partial charge in [0.15, 0.2) is 5.82 Å². The number of ether oxygens (including phenoxy) is 1. The van der Waals surface area contributed by atoms with E-state index in [0.29, 0.717) is 23.4 Å². The summed E-state index contributed by atoms with van der Waals surface area (Å²) >= 11 is 5.89. The van der Waals surface area contributed by atoms with Crippen LogP contribution >= 0.6 is 11.6 Å². The molecule has 1 aromatic rings. The molecule has 96 valence electrons. The first-order valence-corrected chi connectivity index (χ1v) is 5.82. The van der Waals surface area contributed by atoms with Gasteiger partial charge in [0.05, 0.1) is 12.1 Å². The average Bonchev–Trinajstić information content (AvgIpc) is 2.28. The minimum absolute atomic E-state index is 0.0186. The van der Waals surface area contributed by atoms with Crippen molar-refractivity contribution in [2.75, 3.05) is 19.0 Å². The van der Waals surface area contributed by atoms with E-state index in [-0.39, 0.29) is 6.61 Å². The summed E-state index contributed by atoms with van der Waals surface area (Å²) in [5.41, 5.74) is -0.415. The van der Waals surface area contributed by atoms with Crippen LogP contribution in [0.3, 0.4) is 0 Å². The first-order valence-electron chi connectivity index (χ1n) is 5.44. The Labute approximate surface area is 106 Å². The number of rotatable bonds is 6. The summed E-state index contributed by atoms with van der Waals surface area (Å²) in [4.78, 5) is 8.29. The fourth-order valence-electron chi connectivity index (χ4n) is 1.27. The Morgan fingerprint density at radius 2 is 2.24 bits per heavy atom. The van der Waals surface area contributed by atoms with Gasteiger partial charge in [0, 0.05) is 13.2 Å². The Bertz CT molecular complexity index is 370. The number of methoxy groups -OCH3 is 1. The topological polar surface area (TPSA) is 67.3 Å². The maximum atomic E-state index is 9.32. The summed E-state index contributed by atoms with van der Waals surface area (Å²) in [6, 6.07) is 1.63. The first kappa shape index (κ1) is 14.2. The second kappa shape index (κ2) is 6.14. The number of nitrogens with one attached hydrogen (secondary N) is 1. The predicted molar refractivity (Wildman–Crippen MR) is 67.2 cm³/mol. The summed E-state index contributed by atoms with van der Waals surface area (Å²) in [5, 5.41) is 12.8. The van der Waals surface area contributed by atoms with Crippen LogP contribution in [0.4, 0.5) is 5.82 Å². The molecule has 0 bridgehead atoms. The van der Waals surface area contributed by atoms with Gasteiger partial charge in [-0.05, 0) is 13.3 Å². The number of nitrogens with zero attached hydrogens (tertiary/aromatic N) is 2. The van der Waals surface area contributed by atoms with Crippen LogP contribution in [0, 0.1) is 0 Å². The van der Waals surface area contributed by atoms with E-state index in [1.807, 2.05) is 13.8 Å². The number of aliphatic hydroxyl groups is 1. The third-order valence-corrected chi connectivity index (χ3v) is 2.77. The molecule has 0 aliphatic heterocycles. The van der Waals surface area contributed by atoms with Gasteiger partial charge in [0.1, 0.15) is 17.6 Å². The summed E-state index contributed by atoms with van der Waals surface area (Å²) in [7, 11) is 1.57. The molecule has 2 N–H and O–H groups in total. The Hall–Kier alpha value is -0.910. The van der Waals surface area contributed by atoms with Crippen LogP contribution < -0.4 is 5.32 Å². The van der Waals surface area contributed by atoms with Gasteiger partial charge in [-0.3, -0.25) is 0 Å². The van der Waals surface area contributed by atoms with Crippen molar-refractivity contribution in [3.8, 4) is 0 Å². The molecule has 1 unspecified atom stereocenters. The van der Waals surface area contributed by atoms with E-state index >= 15 is 0 Å². The predicted octanol–water partition coefficient (Wildman–Crippen LogP) is 1.85. The van der Waals surface area contributed by atoms with Crippen LogP contribution in [0.2, 0.25) is 5.15 Å². The summed E-state index contributed by atoms with van der Waals surface area (Å²) in [5.74, 6) is 1.11. The molecule has 0 radical (unpaired) electrons. The molecule has 0 fully saturated rings. The molecule has 6 heteroatoms. The minimum Gasteiger partial charge on any atom is -0.394 e. The Morgan fingerprint density at radius 1 is 1.53 bits per heavy atom. The Kier molecular flexibility index (Phi) is 5.11. The summed E-state index contributed by atoms with van der Waals surface area (Å²) in [6.45, 7) is 4.23. The number of hydrogen-bond acceptors (Lipinski definition) is 5. The lowest BCUT2D eigenvalue weighted by Crippen LogP contribution is -2.38. The normalized spacial score (nSPS) is 14.4. The van der Waals surface area contributed by atoms with E-state index in [1.54, 1.807) is 13.2 Å². The largest absolute Gasteiger partial charge is 0.394 e. The molecule has 1 rings (SSSR count). The highest BCUT2D eigenvalue weighted by atomic mass is 35.5. The van der Waals surface area contributed by atoms with Gasteiger partial charge in [-0.15, -0.1) is 0 Å². The maximum Gasteiger partial charge on any atom is 0.158 e. The van der Waals surface area contributed by atoms with Crippen molar-refractivity contribution >= 4 is 17.4 Å². The number of anilines is 1. The van der Waals surface area contributed by atoms with E-state index in [1.165, 1.54) is 0 Å². The lowest BCUT2D eigenvalue weighted by molar-refractivity contribution is 0.177. The van der Waals surface area contributed by atoms with E-state index in [4.69, 9.17) is 16.3 Å². The van der Waals surface area contributed by atoms with Gasteiger partial charge in [0.2, 0.25) is 0 Å². The summed E-state index contributed by atoms with van der Waals surface area (Å²) < 4.78 is 4.96. The summed E-state index contributed by atoms with van der Waals surface area (Å²) in [6.07, 6.45) is 0.769. The van der Waals surface area contributed by atoms with E-state index in [9.17, 15) is 5.11 Å². The van der Waals surface area contributed by atoms with Crippen LogP contribution in [-0.2, 0) is 11.3 Å². The minimum atomic E-state index is -0.415. The maximum absolute atomic E-state index is 9.32. The van der Waals surface area contributed by atoms with Crippen molar-refractivity contribution < 1.29 is 9.84 Å². The highest BCUT2D eigenvalue weighted by Gasteiger charge is 2.21. The molecule has 0 aliphatic rings. The van der Waals surface area contributed by atoms with Gasteiger partial charge in [-0.25, -0.2) is 9.97 Å². The van der Waals surface area contributed by atoms with E-state index in [0.717, 1.165) is 6.42 Å².